The summed E-state index contributed by atoms with van der Waals surface area (Å²) < 4.78 is 0. The van der Waals surface area contributed by atoms with E-state index in [4.69, 9.17) is 5.11 Å². The summed E-state index contributed by atoms with van der Waals surface area (Å²) in [5, 5.41) is 8.82. The molecule has 3 heteroatoms. The lowest BCUT2D eigenvalue weighted by molar-refractivity contribution is -0.138. The number of carboxylic acid groups (broad SMARTS) is 1. The second-order valence-corrected chi connectivity index (χ2v) is 5.10. The third-order valence-electron chi connectivity index (χ3n) is 2.85. The SMILES string of the molecule is Cc1ccc(C)c(C(=O)C(C)(C)CC(=O)O)c1. The molecule has 0 aliphatic heterocycles. The lowest BCUT2D eigenvalue weighted by Crippen LogP contribution is -2.28. The van der Waals surface area contributed by atoms with Crippen LogP contribution in [0.3, 0.4) is 0 Å². The molecule has 1 aromatic carbocycles. The summed E-state index contributed by atoms with van der Waals surface area (Å²) in [5.74, 6) is -1.06. The highest BCUT2D eigenvalue weighted by Crippen LogP contribution is 2.27. The second kappa shape index (κ2) is 4.70. The van der Waals surface area contributed by atoms with Gasteiger partial charge in [-0.3, -0.25) is 9.59 Å². The molecule has 0 saturated carbocycles. The summed E-state index contributed by atoms with van der Waals surface area (Å²) in [4.78, 5) is 23.1. The van der Waals surface area contributed by atoms with Crippen LogP contribution in [0.4, 0.5) is 0 Å². The van der Waals surface area contributed by atoms with Crippen molar-refractivity contribution in [1.82, 2.24) is 0 Å². The molecule has 0 aliphatic rings. The molecule has 0 aliphatic carbocycles. The summed E-state index contributed by atoms with van der Waals surface area (Å²) in [6.45, 7) is 7.13. The molecule has 17 heavy (non-hydrogen) atoms. The number of hydrogen-bond donors (Lipinski definition) is 1. The molecule has 1 aromatic rings. The summed E-state index contributed by atoms with van der Waals surface area (Å²) in [7, 11) is 0. The van der Waals surface area contributed by atoms with Gasteiger partial charge in [-0.2, -0.15) is 0 Å². The molecule has 3 nitrogen and oxygen atoms in total. The Morgan fingerprint density at radius 3 is 2.35 bits per heavy atom. The highest BCUT2D eigenvalue weighted by Gasteiger charge is 2.32. The fourth-order valence-electron chi connectivity index (χ4n) is 1.80. The van der Waals surface area contributed by atoms with Crippen LogP contribution in [0.5, 0.6) is 0 Å². The van der Waals surface area contributed by atoms with Gasteiger partial charge >= 0.3 is 5.97 Å². The molecule has 1 rings (SSSR count). The van der Waals surface area contributed by atoms with Crippen LogP contribution in [0.2, 0.25) is 0 Å². The highest BCUT2D eigenvalue weighted by molar-refractivity contribution is 6.02. The van der Waals surface area contributed by atoms with Gasteiger partial charge in [0.15, 0.2) is 5.78 Å². The van der Waals surface area contributed by atoms with E-state index in [1.54, 1.807) is 13.8 Å². The van der Waals surface area contributed by atoms with Crippen molar-refractivity contribution in [3.05, 3.63) is 34.9 Å². The number of carbonyl (C=O) groups excluding carboxylic acids is 1. The van der Waals surface area contributed by atoms with Crippen molar-refractivity contribution in [1.29, 1.82) is 0 Å². The van der Waals surface area contributed by atoms with Gasteiger partial charge in [-0.1, -0.05) is 31.5 Å². The Kier molecular flexibility index (Phi) is 3.71. The first-order valence-corrected chi connectivity index (χ1v) is 5.58. The molecule has 0 heterocycles. The van der Waals surface area contributed by atoms with E-state index in [0.717, 1.165) is 11.1 Å². The Morgan fingerprint density at radius 1 is 1.24 bits per heavy atom. The lowest BCUT2D eigenvalue weighted by atomic mass is 9.80. The minimum atomic E-state index is -0.950. The number of benzene rings is 1. The third-order valence-corrected chi connectivity index (χ3v) is 2.85. The average molecular weight is 234 g/mol. The molecule has 0 spiro atoms. The van der Waals surface area contributed by atoms with E-state index < -0.39 is 11.4 Å². The summed E-state index contributed by atoms with van der Waals surface area (Å²) in [5.41, 5.74) is 1.64. The van der Waals surface area contributed by atoms with Crippen LogP contribution in [0, 0.1) is 19.3 Å². The van der Waals surface area contributed by atoms with E-state index in [1.807, 2.05) is 32.0 Å². The first kappa shape index (κ1) is 13.4. The van der Waals surface area contributed by atoms with Gasteiger partial charge in [0, 0.05) is 11.0 Å². The van der Waals surface area contributed by atoms with Gasteiger partial charge in [-0.25, -0.2) is 0 Å². The zero-order chi connectivity index (χ0) is 13.2. The number of rotatable bonds is 4. The molecule has 0 unspecified atom stereocenters. The molecular formula is C14H18O3. The number of hydrogen-bond acceptors (Lipinski definition) is 2. The van der Waals surface area contributed by atoms with Crippen LogP contribution < -0.4 is 0 Å². The fraction of sp³-hybridized carbons (Fsp3) is 0.429. The molecule has 0 saturated heterocycles. The maximum absolute atomic E-state index is 12.3. The minimum absolute atomic E-state index is 0.110. The Morgan fingerprint density at radius 2 is 1.82 bits per heavy atom. The monoisotopic (exact) mass is 234 g/mol. The zero-order valence-electron chi connectivity index (χ0n) is 10.7. The number of carboxylic acids is 1. The minimum Gasteiger partial charge on any atom is -0.481 e. The molecule has 0 bridgehead atoms. The predicted molar refractivity (Wildman–Crippen MR) is 66.3 cm³/mol. The number of aliphatic carboxylic acids is 1. The van der Waals surface area contributed by atoms with Crippen LogP contribution in [0.25, 0.3) is 0 Å². The van der Waals surface area contributed by atoms with Crippen LogP contribution in [0.15, 0.2) is 18.2 Å². The van der Waals surface area contributed by atoms with Gasteiger partial charge in [0.25, 0.3) is 0 Å². The molecule has 1 N–H and O–H groups in total. The molecule has 0 atom stereocenters. The summed E-state index contributed by atoms with van der Waals surface area (Å²) >= 11 is 0. The Labute approximate surface area is 101 Å². The normalized spacial score (nSPS) is 11.3. The first-order chi connectivity index (χ1) is 7.74. The maximum Gasteiger partial charge on any atom is 0.304 e. The van der Waals surface area contributed by atoms with Gasteiger partial charge in [-0.05, 0) is 25.5 Å². The van der Waals surface area contributed by atoms with Gasteiger partial charge in [0.2, 0.25) is 0 Å². The number of ketones is 1. The van der Waals surface area contributed by atoms with Crippen LogP contribution >= 0.6 is 0 Å². The lowest BCUT2D eigenvalue weighted by Gasteiger charge is -2.22. The van der Waals surface area contributed by atoms with Gasteiger partial charge in [-0.15, -0.1) is 0 Å². The Bertz CT molecular complexity index is 459. The van der Waals surface area contributed by atoms with Crippen LogP contribution in [-0.4, -0.2) is 16.9 Å². The highest BCUT2D eigenvalue weighted by atomic mass is 16.4. The third kappa shape index (κ3) is 3.16. The number of carbonyl (C=O) groups is 2. The van der Waals surface area contributed by atoms with E-state index in [9.17, 15) is 9.59 Å². The van der Waals surface area contributed by atoms with Crippen molar-refractivity contribution >= 4 is 11.8 Å². The van der Waals surface area contributed by atoms with Crippen molar-refractivity contribution in [2.75, 3.05) is 0 Å². The van der Waals surface area contributed by atoms with Gasteiger partial charge in [0.05, 0.1) is 6.42 Å². The first-order valence-electron chi connectivity index (χ1n) is 5.58. The van der Waals surface area contributed by atoms with Crippen molar-refractivity contribution in [2.45, 2.75) is 34.1 Å². The van der Waals surface area contributed by atoms with Crippen molar-refractivity contribution in [3.63, 3.8) is 0 Å². The van der Waals surface area contributed by atoms with E-state index >= 15 is 0 Å². The van der Waals surface area contributed by atoms with E-state index in [-0.39, 0.29) is 12.2 Å². The maximum atomic E-state index is 12.3. The number of Topliss-reactive ketones (excluding diaryl/α,β-unsaturated/α-hetero) is 1. The van der Waals surface area contributed by atoms with Crippen LogP contribution in [-0.2, 0) is 4.79 Å². The molecule has 0 amide bonds. The number of aryl methyl sites for hydroxylation is 2. The molecule has 0 fully saturated rings. The smallest absolute Gasteiger partial charge is 0.304 e. The molecule has 0 radical (unpaired) electrons. The Hall–Kier alpha value is -1.64. The van der Waals surface area contributed by atoms with Gasteiger partial charge < -0.3 is 5.11 Å². The van der Waals surface area contributed by atoms with E-state index in [2.05, 4.69) is 0 Å². The fourth-order valence-corrected chi connectivity index (χ4v) is 1.80. The average Bonchev–Trinajstić information content (AvgIpc) is 2.18. The zero-order valence-corrected chi connectivity index (χ0v) is 10.7. The standard InChI is InChI=1S/C14H18O3/c1-9-5-6-10(2)11(7-9)13(17)14(3,4)8-12(15)16/h5-7H,8H2,1-4H3,(H,15,16). The van der Waals surface area contributed by atoms with Crippen molar-refractivity contribution in [3.8, 4) is 0 Å². The van der Waals surface area contributed by atoms with Crippen molar-refractivity contribution in [2.24, 2.45) is 5.41 Å². The summed E-state index contributed by atoms with van der Waals surface area (Å²) in [6, 6.07) is 5.65. The molecular weight excluding hydrogens is 216 g/mol. The van der Waals surface area contributed by atoms with E-state index in [0.29, 0.717) is 5.56 Å². The Balaban J connectivity index is 3.11. The van der Waals surface area contributed by atoms with E-state index in [1.165, 1.54) is 0 Å². The van der Waals surface area contributed by atoms with Crippen LogP contribution in [0.1, 0.15) is 41.8 Å². The molecule has 92 valence electrons. The summed E-state index contributed by atoms with van der Waals surface area (Å²) in [6.07, 6.45) is -0.154. The predicted octanol–water partition coefficient (Wildman–Crippen LogP) is 2.99. The topological polar surface area (TPSA) is 54.4 Å². The second-order valence-electron chi connectivity index (χ2n) is 5.10. The quantitative estimate of drug-likeness (QED) is 0.815. The molecule has 0 aromatic heterocycles. The largest absolute Gasteiger partial charge is 0.481 e. The van der Waals surface area contributed by atoms with Gasteiger partial charge in [0.1, 0.15) is 0 Å². The van der Waals surface area contributed by atoms with Crippen molar-refractivity contribution < 1.29 is 14.7 Å².